The second-order valence-electron chi connectivity index (χ2n) is 7.42. The van der Waals surface area contributed by atoms with Gasteiger partial charge in [-0.25, -0.2) is 4.98 Å². The van der Waals surface area contributed by atoms with Crippen LogP contribution in [-0.4, -0.2) is 60.5 Å². The Balaban J connectivity index is 1.35. The molecule has 1 aliphatic carbocycles. The Morgan fingerprint density at radius 2 is 2.24 bits per heavy atom. The summed E-state index contributed by atoms with van der Waals surface area (Å²) in [6.07, 6.45) is 6.77. The zero-order valence-electron chi connectivity index (χ0n) is 14.3. The summed E-state index contributed by atoms with van der Waals surface area (Å²) in [6, 6.07) is 0.642. The number of hydrogen-bond donors (Lipinski definition) is 3. The van der Waals surface area contributed by atoms with E-state index in [-0.39, 0.29) is 23.8 Å². The van der Waals surface area contributed by atoms with Crippen molar-refractivity contribution in [3.05, 3.63) is 11.6 Å². The van der Waals surface area contributed by atoms with Crippen molar-refractivity contribution in [1.29, 1.82) is 0 Å². The molecule has 0 unspecified atom stereocenters. The number of nitrogens with zero attached hydrogens (tertiary/aromatic N) is 2. The quantitative estimate of drug-likeness (QED) is 0.716. The first-order chi connectivity index (χ1) is 12.2. The molecule has 1 aromatic heterocycles. The standard InChI is InChI=1S/C17H25N5O2S/c23-14(21-16-19-5-6-25-16)8-20-15(24)17-10-18-7-12(17)9-22(11-17)13-3-1-2-4-13/h5-6,12-13,18H,1-4,7-11H2,(H,20,24)(H,19,21,23)/t12-,17-/m1/s1. The van der Waals surface area contributed by atoms with Crippen LogP contribution >= 0.6 is 11.3 Å². The highest BCUT2D eigenvalue weighted by molar-refractivity contribution is 7.13. The van der Waals surface area contributed by atoms with Crippen molar-refractivity contribution < 1.29 is 9.59 Å². The van der Waals surface area contributed by atoms with Crippen LogP contribution < -0.4 is 16.0 Å². The highest BCUT2D eigenvalue weighted by Gasteiger charge is 2.55. The number of rotatable bonds is 5. The number of aromatic nitrogens is 1. The normalized spacial score (nSPS) is 29.7. The molecule has 0 bridgehead atoms. The molecule has 2 atom stereocenters. The molecular formula is C17H25N5O2S. The molecule has 8 heteroatoms. The van der Waals surface area contributed by atoms with Gasteiger partial charge >= 0.3 is 0 Å². The van der Waals surface area contributed by atoms with Gasteiger partial charge in [0.2, 0.25) is 11.8 Å². The monoisotopic (exact) mass is 363 g/mol. The van der Waals surface area contributed by atoms with E-state index in [2.05, 4.69) is 25.8 Å². The fourth-order valence-electron chi connectivity index (χ4n) is 4.61. The summed E-state index contributed by atoms with van der Waals surface area (Å²) in [5.41, 5.74) is -0.385. The summed E-state index contributed by atoms with van der Waals surface area (Å²) in [4.78, 5) is 31.5. The molecule has 1 saturated carbocycles. The highest BCUT2D eigenvalue weighted by Crippen LogP contribution is 2.42. The minimum absolute atomic E-state index is 0.00366. The molecule has 25 heavy (non-hydrogen) atoms. The molecule has 7 nitrogen and oxygen atoms in total. The van der Waals surface area contributed by atoms with Gasteiger partial charge in [0.1, 0.15) is 0 Å². The van der Waals surface area contributed by atoms with Crippen LogP contribution in [-0.2, 0) is 9.59 Å². The molecule has 136 valence electrons. The molecule has 3 N–H and O–H groups in total. The van der Waals surface area contributed by atoms with E-state index in [1.54, 1.807) is 11.6 Å². The third kappa shape index (κ3) is 3.30. The second kappa shape index (κ2) is 7.01. The van der Waals surface area contributed by atoms with Crippen molar-refractivity contribution >= 4 is 28.3 Å². The maximum absolute atomic E-state index is 12.9. The number of amides is 2. The Bertz CT molecular complexity index is 631. The number of anilines is 1. The Morgan fingerprint density at radius 3 is 3.00 bits per heavy atom. The average Bonchev–Trinajstić information content (AvgIpc) is 3.34. The molecule has 0 spiro atoms. The smallest absolute Gasteiger partial charge is 0.245 e. The van der Waals surface area contributed by atoms with Crippen molar-refractivity contribution in [3.8, 4) is 0 Å². The van der Waals surface area contributed by atoms with E-state index in [9.17, 15) is 9.59 Å². The summed E-state index contributed by atoms with van der Waals surface area (Å²) in [5, 5.41) is 11.3. The maximum atomic E-state index is 12.9. The fraction of sp³-hybridized carbons (Fsp3) is 0.706. The predicted octanol–water partition coefficient (Wildman–Crippen LogP) is 0.662. The van der Waals surface area contributed by atoms with Gasteiger partial charge in [0, 0.05) is 49.7 Å². The maximum Gasteiger partial charge on any atom is 0.245 e. The molecule has 3 heterocycles. The lowest BCUT2D eigenvalue weighted by Gasteiger charge is -2.28. The highest BCUT2D eigenvalue weighted by atomic mass is 32.1. The van der Waals surface area contributed by atoms with Crippen molar-refractivity contribution in [3.63, 3.8) is 0 Å². The van der Waals surface area contributed by atoms with Crippen molar-refractivity contribution in [1.82, 2.24) is 20.5 Å². The van der Waals surface area contributed by atoms with Crippen LogP contribution in [0.5, 0.6) is 0 Å². The minimum Gasteiger partial charge on any atom is -0.346 e. The Morgan fingerprint density at radius 1 is 1.40 bits per heavy atom. The fourth-order valence-corrected chi connectivity index (χ4v) is 5.16. The molecule has 4 rings (SSSR count). The first kappa shape index (κ1) is 16.9. The van der Waals surface area contributed by atoms with Gasteiger partial charge < -0.3 is 16.0 Å². The number of hydrogen-bond acceptors (Lipinski definition) is 6. The lowest BCUT2D eigenvalue weighted by atomic mass is 9.80. The summed E-state index contributed by atoms with van der Waals surface area (Å²) in [6.45, 7) is 3.41. The molecule has 3 fully saturated rings. The number of carbonyl (C=O) groups is 2. The largest absolute Gasteiger partial charge is 0.346 e. The Labute approximate surface area is 151 Å². The van der Waals surface area contributed by atoms with Crippen molar-refractivity contribution in [2.24, 2.45) is 11.3 Å². The average molecular weight is 363 g/mol. The first-order valence-electron chi connectivity index (χ1n) is 9.10. The summed E-state index contributed by atoms with van der Waals surface area (Å²) >= 11 is 1.37. The number of nitrogens with one attached hydrogen (secondary N) is 3. The van der Waals surface area contributed by atoms with E-state index in [0.29, 0.717) is 23.6 Å². The van der Waals surface area contributed by atoms with E-state index in [1.165, 1.54) is 37.0 Å². The van der Waals surface area contributed by atoms with Crippen LogP contribution in [0.2, 0.25) is 0 Å². The Kier molecular flexibility index (Phi) is 4.75. The van der Waals surface area contributed by atoms with Crippen LogP contribution in [0.3, 0.4) is 0 Å². The van der Waals surface area contributed by atoms with Crippen molar-refractivity contribution in [2.75, 3.05) is 38.0 Å². The molecule has 3 aliphatic rings. The van der Waals surface area contributed by atoms with Crippen LogP contribution in [0, 0.1) is 11.3 Å². The number of fused-ring (bicyclic) bond motifs is 1. The van der Waals surface area contributed by atoms with E-state index < -0.39 is 0 Å². The van der Waals surface area contributed by atoms with Crippen LogP contribution in [0.4, 0.5) is 5.13 Å². The SMILES string of the molecule is O=C(CNC(=O)[C@@]12CNC[C@@H]1CN(C1CCCC1)C2)Nc1nccs1. The zero-order chi connectivity index (χ0) is 17.3. The lowest BCUT2D eigenvalue weighted by molar-refractivity contribution is -0.132. The van der Waals surface area contributed by atoms with Crippen LogP contribution in [0.1, 0.15) is 25.7 Å². The number of thiazole rings is 1. The summed E-state index contributed by atoms with van der Waals surface area (Å²) in [7, 11) is 0. The number of likely N-dealkylation sites (tertiary alicyclic amines) is 1. The third-order valence-electron chi connectivity index (χ3n) is 5.93. The van der Waals surface area contributed by atoms with Gasteiger partial charge in [0.25, 0.3) is 0 Å². The van der Waals surface area contributed by atoms with Gasteiger partial charge in [-0.3, -0.25) is 14.5 Å². The molecule has 2 saturated heterocycles. The number of carbonyl (C=O) groups excluding carboxylic acids is 2. The van der Waals surface area contributed by atoms with Gasteiger partial charge in [0.15, 0.2) is 5.13 Å². The van der Waals surface area contributed by atoms with Crippen LogP contribution in [0.15, 0.2) is 11.6 Å². The van der Waals surface area contributed by atoms with Crippen LogP contribution in [0.25, 0.3) is 0 Å². The molecule has 0 aromatic carbocycles. The lowest BCUT2D eigenvalue weighted by Crippen LogP contribution is -2.49. The van der Waals surface area contributed by atoms with Gasteiger partial charge in [-0.2, -0.15) is 0 Å². The zero-order valence-corrected chi connectivity index (χ0v) is 15.1. The molecule has 2 aliphatic heterocycles. The molecule has 0 radical (unpaired) electrons. The van der Waals surface area contributed by atoms with Gasteiger partial charge in [0.05, 0.1) is 12.0 Å². The second-order valence-corrected chi connectivity index (χ2v) is 8.31. The van der Waals surface area contributed by atoms with E-state index >= 15 is 0 Å². The predicted molar refractivity (Wildman–Crippen MR) is 96.4 cm³/mol. The van der Waals surface area contributed by atoms with E-state index in [4.69, 9.17) is 0 Å². The van der Waals surface area contributed by atoms with Gasteiger partial charge in [-0.1, -0.05) is 12.8 Å². The summed E-state index contributed by atoms with van der Waals surface area (Å²) in [5.74, 6) is 0.125. The first-order valence-corrected chi connectivity index (χ1v) is 9.98. The summed E-state index contributed by atoms with van der Waals surface area (Å²) < 4.78 is 0. The van der Waals surface area contributed by atoms with Crippen molar-refractivity contribution in [2.45, 2.75) is 31.7 Å². The molecule has 2 amide bonds. The third-order valence-corrected chi connectivity index (χ3v) is 6.62. The van der Waals surface area contributed by atoms with E-state index in [0.717, 1.165) is 19.6 Å². The topological polar surface area (TPSA) is 86.4 Å². The van der Waals surface area contributed by atoms with Gasteiger partial charge in [-0.15, -0.1) is 11.3 Å². The van der Waals surface area contributed by atoms with E-state index in [1.807, 2.05) is 0 Å². The Hall–Kier alpha value is -1.51. The van der Waals surface area contributed by atoms with Gasteiger partial charge in [-0.05, 0) is 12.8 Å². The molecule has 1 aromatic rings. The molecular weight excluding hydrogens is 338 g/mol. The minimum atomic E-state index is -0.385.